The number of hydrogen-bond donors (Lipinski definition) is 1. The third-order valence-corrected chi connectivity index (χ3v) is 11.1. The number of para-hydroxylation sites is 1. The monoisotopic (exact) mass is 718 g/mol. The number of carbonyl (C=O) groups is 3. The van der Waals surface area contributed by atoms with Gasteiger partial charge >= 0.3 is 11.9 Å². The summed E-state index contributed by atoms with van der Waals surface area (Å²) in [7, 11) is 0. The van der Waals surface area contributed by atoms with E-state index in [9.17, 15) is 19.5 Å². The normalized spacial score (nSPS) is 18.6. The van der Waals surface area contributed by atoms with Crippen LogP contribution in [0.1, 0.15) is 113 Å². The Morgan fingerprint density at radius 2 is 1.26 bits per heavy atom. The predicted molar refractivity (Wildman–Crippen MR) is 208 cm³/mol. The van der Waals surface area contributed by atoms with Crippen molar-refractivity contribution in [3.8, 4) is 22.6 Å². The molecule has 3 atom stereocenters. The van der Waals surface area contributed by atoms with E-state index in [-0.39, 0.29) is 47.7 Å². The number of ketones is 1. The fourth-order valence-corrected chi connectivity index (χ4v) is 6.45. The number of benzene rings is 4. The summed E-state index contributed by atoms with van der Waals surface area (Å²) < 4.78 is 17.1. The summed E-state index contributed by atoms with van der Waals surface area (Å²) in [5, 5.41) is 9.52. The Kier molecular flexibility index (Phi) is 12.2. The second-order valence-electron chi connectivity index (χ2n) is 15.6. The molecule has 0 saturated heterocycles. The molecule has 0 bridgehead atoms. The van der Waals surface area contributed by atoms with Gasteiger partial charge < -0.3 is 19.3 Å². The maximum Gasteiger partial charge on any atom is 0.312 e. The molecule has 7 heteroatoms. The van der Waals surface area contributed by atoms with Crippen LogP contribution in [-0.4, -0.2) is 35.0 Å². The highest BCUT2D eigenvalue weighted by molar-refractivity contribution is 6.01. The molecular formula is C46H54O7. The van der Waals surface area contributed by atoms with Crippen molar-refractivity contribution in [2.45, 2.75) is 106 Å². The van der Waals surface area contributed by atoms with E-state index in [2.05, 4.69) is 12.1 Å². The van der Waals surface area contributed by atoms with Gasteiger partial charge in [-0.3, -0.25) is 14.4 Å². The van der Waals surface area contributed by atoms with Gasteiger partial charge in [-0.25, -0.2) is 0 Å². The summed E-state index contributed by atoms with van der Waals surface area (Å²) in [6, 6.07) is 29.2. The molecule has 3 unspecified atom stereocenters. The van der Waals surface area contributed by atoms with E-state index in [0.717, 1.165) is 48.1 Å². The first-order chi connectivity index (χ1) is 25.2. The quantitative estimate of drug-likeness (QED) is 0.198. The number of esters is 2. The van der Waals surface area contributed by atoms with E-state index in [4.69, 9.17) is 14.2 Å². The molecule has 1 aliphatic heterocycles. The van der Waals surface area contributed by atoms with Crippen LogP contribution in [0, 0.1) is 16.7 Å². The molecule has 3 aliphatic rings. The average Bonchev–Trinajstić information content (AvgIpc) is 3.47. The largest absolute Gasteiger partial charge is 0.508 e. The zero-order valence-electron chi connectivity index (χ0n) is 32.4. The molecular weight excluding hydrogens is 664 g/mol. The van der Waals surface area contributed by atoms with Gasteiger partial charge in [-0.1, -0.05) is 87.5 Å². The van der Waals surface area contributed by atoms with E-state index in [1.165, 1.54) is 16.7 Å². The van der Waals surface area contributed by atoms with Gasteiger partial charge in [0.05, 0.1) is 22.3 Å². The molecule has 7 rings (SSSR count). The number of phenols is 1. The standard InChI is InChI=1S/C19H20O2.C16H22O3.C11H12O2/c1-4-19(2,3)18(20)21-17-15-11-7-5-9-13(15)14-10-6-8-12-16(14)17;1-4-16(2,3)15(18)19-14-8-6-11-5-7-13(17)9-12(11)10-14;1-7-8(2)13-10-6-4-3-5-9(10)11(7)12/h5-12,17H,4H2,1-3H3;5,7,9,14,17H,4,6,8,10H2,1-3H3;3-8H,1-2H3. The Hall–Kier alpha value is -4.91. The first-order valence-corrected chi connectivity index (χ1v) is 18.9. The maximum absolute atomic E-state index is 12.4. The van der Waals surface area contributed by atoms with E-state index >= 15 is 0 Å². The topological polar surface area (TPSA) is 99.1 Å². The molecule has 4 aromatic carbocycles. The summed E-state index contributed by atoms with van der Waals surface area (Å²) in [4.78, 5) is 36.3. The first-order valence-electron chi connectivity index (χ1n) is 18.9. The Morgan fingerprint density at radius 3 is 1.85 bits per heavy atom. The van der Waals surface area contributed by atoms with Crippen molar-refractivity contribution in [1.29, 1.82) is 0 Å². The van der Waals surface area contributed by atoms with Crippen LogP contribution in [0.4, 0.5) is 0 Å². The molecule has 0 radical (unpaired) electrons. The SMILES string of the molecule is CC1Oc2ccccc2C(=O)C1C.CCC(C)(C)C(=O)OC1CCc2ccc(O)cc2C1.CCC(C)(C)C(=O)OC1c2ccccc2-c2ccccc21. The van der Waals surface area contributed by atoms with Gasteiger partial charge in [0.15, 0.2) is 11.9 Å². The van der Waals surface area contributed by atoms with Crippen LogP contribution < -0.4 is 4.74 Å². The lowest BCUT2D eigenvalue weighted by Crippen LogP contribution is -2.33. The molecule has 0 fully saturated rings. The molecule has 1 N–H and O–H groups in total. The Bertz CT molecular complexity index is 1890. The molecule has 0 saturated carbocycles. The van der Waals surface area contributed by atoms with Crippen LogP contribution in [-0.2, 0) is 31.9 Å². The summed E-state index contributed by atoms with van der Waals surface area (Å²) in [6.45, 7) is 15.5. The molecule has 0 aromatic heterocycles. The molecule has 53 heavy (non-hydrogen) atoms. The summed E-state index contributed by atoms with van der Waals surface area (Å²) in [6.07, 6.45) is 3.65. The number of rotatable bonds is 6. The minimum Gasteiger partial charge on any atom is -0.508 e. The number of hydrogen-bond acceptors (Lipinski definition) is 7. The van der Waals surface area contributed by atoms with Gasteiger partial charge in [0.2, 0.25) is 0 Å². The molecule has 7 nitrogen and oxygen atoms in total. The van der Waals surface area contributed by atoms with E-state index in [1.807, 2.05) is 122 Å². The van der Waals surface area contributed by atoms with Crippen LogP contribution in [0.5, 0.6) is 11.5 Å². The average molecular weight is 719 g/mol. The Morgan fingerprint density at radius 1 is 0.736 bits per heavy atom. The molecule has 2 aliphatic carbocycles. The third kappa shape index (κ3) is 8.84. The molecule has 0 amide bonds. The van der Waals surface area contributed by atoms with Gasteiger partial charge in [0, 0.05) is 17.5 Å². The number of phenolic OH excluding ortho intramolecular Hbond substituents is 1. The predicted octanol–water partition coefficient (Wildman–Crippen LogP) is 10.3. The van der Waals surface area contributed by atoms with Gasteiger partial charge in [0.25, 0.3) is 0 Å². The van der Waals surface area contributed by atoms with Crippen LogP contribution in [0.25, 0.3) is 11.1 Å². The van der Waals surface area contributed by atoms with E-state index in [1.54, 1.807) is 12.1 Å². The lowest BCUT2D eigenvalue weighted by Gasteiger charge is -2.28. The van der Waals surface area contributed by atoms with Gasteiger partial charge in [0.1, 0.15) is 23.7 Å². The molecule has 280 valence electrons. The van der Waals surface area contributed by atoms with Gasteiger partial charge in [-0.05, 0) is 107 Å². The fourth-order valence-electron chi connectivity index (χ4n) is 6.45. The van der Waals surface area contributed by atoms with Crippen molar-refractivity contribution >= 4 is 17.7 Å². The second-order valence-corrected chi connectivity index (χ2v) is 15.6. The van der Waals surface area contributed by atoms with Crippen molar-refractivity contribution in [2.75, 3.05) is 0 Å². The number of aryl methyl sites for hydroxylation is 1. The van der Waals surface area contributed by atoms with Crippen LogP contribution >= 0.6 is 0 Å². The van der Waals surface area contributed by atoms with Crippen LogP contribution in [0.3, 0.4) is 0 Å². The van der Waals surface area contributed by atoms with Crippen molar-refractivity contribution < 1.29 is 33.7 Å². The fraction of sp³-hybridized carbons (Fsp3) is 0.413. The van der Waals surface area contributed by atoms with Gasteiger partial charge in [-0.15, -0.1) is 0 Å². The van der Waals surface area contributed by atoms with E-state index < -0.39 is 10.8 Å². The summed E-state index contributed by atoms with van der Waals surface area (Å²) in [5.74, 6) is 0.895. The molecule has 0 spiro atoms. The van der Waals surface area contributed by atoms with Crippen molar-refractivity contribution in [1.82, 2.24) is 0 Å². The van der Waals surface area contributed by atoms with Crippen LogP contribution in [0.2, 0.25) is 0 Å². The lowest BCUT2D eigenvalue weighted by molar-refractivity contribution is -0.160. The minimum atomic E-state index is -0.452. The summed E-state index contributed by atoms with van der Waals surface area (Å²) >= 11 is 0. The maximum atomic E-state index is 12.4. The van der Waals surface area contributed by atoms with Crippen LogP contribution in [0.15, 0.2) is 91.0 Å². The minimum absolute atomic E-state index is 0.0117. The highest BCUT2D eigenvalue weighted by atomic mass is 16.5. The summed E-state index contributed by atoms with van der Waals surface area (Å²) in [5.41, 5.74) is 6.69. The van der Waals surface area contributed by atoms with Crippen molar-refractivity contribution in [3.05, 3.63) is 119 Å². The zero-order valence-corrected chi connectivity index (χ0v) is 32.4. The lowest BCUT2D eigenvalue weighted by atomic mass is 9.88. The first kappa shape index (κ1) is 39.3. The number of aromatic hydroxyl groups is 1. The highest BCUT2D eigenvalue weighted by Crippen LogP contribution is 2.46. The van der Waals surface area contributed by atoms with Crippen molar-refractivity contribution in [3.63, 3.8) is 0 Å². The Labute approximate surface area is 314 Å². The smallest absolute Gasteiger partial charge is 0.312 e. The molecule has 1 heterocycles. The third-order valence-electron chi connectivity index (χ3n) is 11.1. The zero-order chi connectivity index (χ0) is 38.5. The number of ether oxygens (including phenoxy) is 3. The Balaban J connectivity index is 0.000000157. The number of carbonyl (C=O) groups excluding carboxylic acids is 3. The highest BCUT2D eigenvalue weighted by Gasteiger charge is 2.36. The second kappa shape index (κ2) is 16.4. The van der Waals surface area contributed by atoms with E-state index in [0.29, 0.717) is 12.0 Å². The number of Topliss-reactive ketones (excluding diaryl/α,β-unsaturated/α-hetero) is 1. The van der Waals surface area contributed by atoms with Crippen molar-refractivity contribution in [2.24, 2.45) is 16.7 Å². The number of fused-ring (bicyclic) bond motifs is 5. The van der Waals surface area contributed by atoms with Gasteiger partial charge in [-0.2, -0.15) is 0 Å². The molecule has 4 aromatic rings.